The van der Waals surface area contributed by atoms with Gasteiger partial charge >= 0.3 is 0 Å². The van der Waals surface area contributed by atoms with Crippen LogP contribution in [-0.2, 0) is 12.8 Å². The van der Waals surface area contributed by atoms with E-state index in [0.29, 0.717) is 0 Å². The van der Waals surface area contributed by atoms with E-state index in [1.54, 1.807) is 0 Å². The fourth-order valence-electron chi connectivity index (χ4n) is 2.90. The van der Waals surface area contributed by atoms with Crippen molar-refractivity contribution in [3.05, 3.63) is 71.8 Å². The van der Waals surface area contributed by atoms with Crippen molar-refractivity contribution in [1.82, 2.24) is 0 Å². The Bertz CT molecular complexity index is 529. The Morgan fingerprint density at radius 1 is 0.609 bits per heavy atom. The second-order valence-electron chi connectivity index (χ2n) is 6.11. The van der Waals surface area contributed by atoms with Gasteiger partial charge in [-0.25, -0.2) is 0 Å². The molecule has 124 valence electrons. The molecule has 0 unspecified atom stereocenters. The molecule has 4 N–H and O–H groups in total. The van der Waals surface area contributed by atoms with Gasteiger partial charge in [0.1, 0.15) is 0 Å². The van der Waals surface area contributed by atoms with Crippen LogP contribution < -0.4 is 0 Å². The first-order valence-corrected chi connectivity index (χ1v) is 7.72. The van der Waals surface area contributed by atoms with Crippen molar-refractivity contribution in [1.29, 1.82) is 0 Å². The summed E-state index contributed by atoms with van der Waals surface area (Å²) in [4.78, 5) is 0. The van der Waals surface area contributed by atoms with Crippen molar-refractivity contribution >= 4 is 0 Å². The molecule has 0 aliphatic heterocycles. The van der Waals surface area contributed by atoms with Crippen molar-refractivity contribution in [2.45, 2.75) is 18.4 Å². The first-order chi connectivity index (χ1) is 11.1. The SMILES string of the molecule is OCC(CO)(CO)C(O)(Cc1ccccc1)Cc1ccccc1. The second-order valence-corrected chi connectivity index (χ2v) is 6.11. The van der Waals surface area contributed by atoms with Gasteiger partial charge in [-0.15, -0.1) is 0 Å². The molecule has 0 aliphatic rings. The van der Waals surface area contributed by atoms with Crippen LogP contribution in [0.25, 0.3) is 0 Å². The van der Waals surface area contributed by atoms with Crippen LogP contribution in [0, 0.1) is 5.41 Å². The van der Waals surface area contributed by atoms with Crippen molar-refractivity contribution in [2.24, 2.45) is 5.41 Å². The molecule has 0 aromatic heterocycles. The minimum atomic E-state index is -1.48. The normalized spacial score (nSPS) is 12.3. The molecule has 2 aromatic carbocycles. The number of rotatable bonds is 8. The highest BCUT2D eigenvalue weighted by molar-refractivity contribution is 5.24. The third kappa shape index (κ3) is 3.79. The van der Waals surface area contributed by atoms with Gasteiger partial charge in [-0.05, 0) is 11.1 Å². The van der Waals surface area contributed by atoms with E-state index in [1.807, 2.05) is 60.7 Å². The smallest absolute Gasteiger partial charge is 0.0850 e. The largest absolute Gasteiger partial charge is 0.395 e. The summed E-state index contributed by atoms with van der Waals surface area (Å²) in [6.45, 7) is -1.51. The minimum Gasteiger partial charge on any atom is -0.395 e. The number of aliphatic hydroxyl groups is 4. The Kier molecular flexibility index (Phi) is 5.91. The number of hydrogen-bond acceptors (Lipinski definition) is 4. The average Bonchev–Trinajstić information content (AvgIpc) is 2.58. The molecule has 0 aliphatic carbocycles. The summed E-state index contributed by atoms with van der Waals surface area (Å²) in [5.74, 6) is 0. The van der Waals surface area contributed by atoms with E-state index in [4.69, 9.17) is 0 Å². The van der Waals surface area contributed by atoms with Crippen LogP contribution in [0.15, 0.2) is 60.7 Å². The molecule has 2 aromatic rings. The molecule has 0 spiro atoms. The molecule has 2 rings (SSSR count). The van der Waals surface area contributed by atoms with Crippen LogP contribution in [0.3, 0.4) is 0 Å². The lowest BCUT2D eigenvalue weighted by atomic mass is 9.67. The molecular weight excluding hydrogens is 292 g/mol. The molecule has 0 radical (unpaired) electrons. The predicted octanol–water partition coefficient (Wildman–Crippen LogP) is 1.17. The van der Waals surface area contributed by atoms with Gasteiger partial charge in [0.15, 0.2) is 0 Å². The van der Waals surface area contributed by atoms with E-state index in [9.17, 15) is 20.4 Å². The van der Waals surface area contributed by atoms with Gasteiger partial charge in [-0.3, -0.25) is 0 Å². The quantitative estimate of drug-likeness (QED) is 0.589. The van der Waals surface area contributed by atoms with Gasteiger partial charge in [0.2, 0.25) is 0 Å². The summed E-state index contributed by atoms with van der Waals surface area (Å²) in [5, 5.41) is 40.7. The van der Waals surface area contributed by atoms with Gasteiger partial charge in [-0.2, -0.15) is 0 Å². The second kappa shape index (κ2) is 7.70. The first kappa shape index (κ1) is 17.6. The molecular formula is C19H24O4. The average molecular weight is 316 g/mol. The Labute approximate surface area is 136 Å². The van der Waals surface area contributed by atoms with E-state index < -0.39 is 30.8 Å². The summed E-state index contributed by atoms with van der Waals surface area (Å²) in [6, 6.07) is 18.8. The minimum absolute atomic E-state index is 0.227. The van der Waals surface area contributed by atoms with E-state index in [2.05, 4.69) is 0 Å². The lowest BCUT2D eigenvalue weighted by molar-refractivity contribution is -0.152. The van der Waals surface area contributed by atoms with Gasteiger partial charge in [0, 0.05) is 12.8 Å². The van der Waals surface area contributed by atoms with Gasteiger partial charge in [0.25, 0.3) is 0 Å². The monoisotopic (exact) mass is 316 g/mol. The molecule has 0 atom stereocenters. The Morgan fingerprint density at radius 3 is 1.26 bits per heavy atom. The highest BCUT2D eigenvalue weighted by Gasteiger charge is 2.49. The molecule has 4 heteroatoms. The Morgan fingerprint density at radius 2 is 0.957 bits per heavy atom. The summed E-state index contributed by atoms with van der Waals surface area (Å²) in [6.07, 6.45) is 0.453. The maximum Gasteiger partial charge on any atom is 0.0850 e. The lowest BCUT2D eigenvalue weighted by Crippen LogP contribution is -2.58. The van der Waals surface area contributed by atoms with Crippen LogP contribution in [0.2, 0.25) is 0 Å². The first-order valence-electron chi connectivity index (χ1n) is 7.72. The molecule has 0 saturated heterocycles. The predicted molar refractivity (Wildman–Crippen MR) is 88.9 cm³/mol. The number of aliphatic hydroxyl groups excluding tert-OH is 3. The standard InChI is InChI=1S/C19H24O4/c20-13-18(14-21,15-22)19(23,11-16-7-3-1-4-8-16)12-17-9-5-2-6-10-17/h1-10,20-23H,11-15H2. The third-order valence-corrected chi connectivity index (χ3v) is 4.57. The van der Waals surface area contributed by atoms with Gasteiger partial charge < -0.3 is 20.4 Å². The summed E-state index contributed by atoms with van der Waals surface area (Å²) in [7, 11) is 0. The summed E-state index contributed by atoms with van der Waals surface area (Å²) in [5.41, 5.74) is -1.11. The highest BCUT2D eigenvalue weighted by Crippen LogP contribution is 2.37. The molecule has 0 bridgehead atoms. The van der Waals surface area contributed by atoms with Crippen LogP contribution in [0.1, 0.15) is 11.1 Å². The zero-order chi connectivity index (χ0) is 16.8. The number of hydrogen-bond donors (Lipinski definition) is 4. The van der Waals surface area contributed by atoms with E-state index in [-0.39, 0.29) is 12.8 Å². The van der Waals surface area contributed by atoms with Crippen LogP contribution in [0.5, 0.6) is 0 Å². The van der Waals surface area contributed by atoms with Crippen molar-refractivity contribution in [3.8, 4) is 0 Å². The highest BCUT2D eigenvalue weighted by atomic mass is 16.3. The summed E-state index contributed by atoms with van der Waals surface area (Å²) >= 11 is 0. The lowest BCUT2D eigenvalue weighted by Gasteiger charge is -2.44. The molecule has 0 amide bonds. The molecule has 0 fully saturated rings. The van der Waals surface area contributed by atoms with Crippen LogP contribution in [0.4, 0.5) is 0 Å². The van der Waals surface area contributed by atoms with Crippen LogP contribution in [-0.4, -0.2) is 45.8 Å². The number of benzene rings is 2. The zero-order valence-corrected chi connectivity index (χ0v) is 13.1. The molecule has 23 heavy (non-hydrogen) atoms. The topological polar surface area (TPSA) is 80.9 Å². The zero-order valence-electron chi connectivity index (χ0n) is 13.1. The Hall–Kier alpha value is -1.72. The van der Waals surface area contributed by atoms with Crippen molar-refractivity contribution < 1.29 is 20.4 Å². The third-order valence-electron chi connectivity index (χ3n) is 4.57. The summed E-state index contributed by atoms with van der Waals surface area (Å²) < 4.78 is 0. The van der Waals surface area contributed by atoms with Gasteiger partial charge in [-0.1, -0.05) is 60.7 Å². The van der Waals surface area contributed by atoms with Crippen LogP contribution >= 0.6 is 0 Å². The maximum absolute atomic E-state index is 11.3. The van der Waals surface area contributed by atoms with E-state index >= 15 is 0 Å². The van der Waals surface area contributed by atoms with Crippen molar-refractivity contribution in [2.75, 3.05) is 19.8 Å². The fourth-order valence-corrected chi connectivity index (χ4v) is 2.90. The fraction of sp³-hybridized carbons (Fsp3) is 0.368. The Balaban J connectivity index is 2.40. The van der Waals surface area contributed by atoms with E-state index in [1.165, 1.54) is 0 Å². The molecule has 0 saturated carbocycles. The van der Waals surface area contributed by atoms with Crippen molar-refractivity contribution in [3.63, 3.8) is 0 Å². The van der Waals surface area contributed by atoms with E-state index in [0.717, 1.165) is 11.1 Å². The van der Waals surface area contributed by atoms with Gasteiger partial charge in [0.05, 0.1) is 30.8 Å². The molecule has 4 nitrogen and oxygen atoms in total. The maximum atomic E-state index is 11.3. The molecule has 0 heterocycles.